The van der Waals surface area contributed by atoms with Gasteiger partial charge in [0.05, 0.1) is 12.6 Å². The van der Waals surface area contributed by atoms with Gasteiger partial charge in [-0.3, -0.25) is 4.79 Å². The van der Waals surface area contributed by atoms with Crippen LogP contribution in [0.15, 0.2) is 54.6 Å². The van der Waals surface area contributed by atoms with E-state index < -0.39 is 0 Å². The molecule has 0 amide bonds. The Balaban J connectivity index is 0.00000380. The van der Waals surface area contributed by atoms with Gasteiger partial charge >= 0.3 is 5.97 Å². The van der Waals surface area contributed by atoms with E-state index in [1.54, 1.807) is 32.2 Å². The number of anilines is 1. The molecule has 0 saturated carbocycles. The highest BCUT2D eigenvalue weighted by atomic mass is 19.1. The molecule has 3 aromatic rings. The maximum Gasteiger partial charge on any atom is 0.310 e. The third kappa shape index (κ3) is 5.23. The van der Waals surface area contributed by atoms with Crippen LogP contribution in [0.25, 0.3) is 16.7 Å². The molecule has 0 radical (unpaired) electrons. The largest absolute Gasteiger partial charge is 0.496 e. The first-order chi connectivity index (χ1) is 17.1. The van der Waals surface area contributed by atoms with E-state index >= 15 is 0 Å². The lowest BCUT2D eigenvalue weighted by Gasteiger charge is -2.33. The Labute approximate surface area is 213 Å². The summed E-state index contributed by atoms with van der Waals surface area (Å²) in [4.78, 5) is 11.9. The molecule has 0 fully saturated rings. The number of aryl methyl sites for hydroxylation is 1. The first-order valence-electron chi connectivity index (χ1n) is 12.0. The molecular weight excluding hydrogens is 457 g/mol. The highest BCUT2D eigenvalue weighted by molar-refractivity contribution is 5.89. The Kier molecular flexibility index (Phi) is 7.07. The van der Waals surface area contributed by atoms with Crippen LogP contribution in [0.1, 0.15) is 52.2 Å². The van der Waals surface area contributed by atoms with Gasteiger partial charge in [0.15, 0.2) is 0 Å². The number of hydrogen-bond donors (Lipinski definition) is 1. The first-order valence-corrected chi connectivity index (χ1v) is 12.0. The van der Waals surface area contributed by atoms with Crippen molar-refractivity contribution in [2.75, 3.05) is 12.4 Å². The molecule has 1 heterocycles. The number of ether oxygens (including phenoxy) is 3. The summed E-state index contributed by atoms with van der Waals surface area (Å²) in [6, 6.07) is 13.9. The van der Waals surface area contributed by atoms with Crippen LogP contribution in [-0.4, -0.2) is 18.6 Å². The Morgan fingerprint density at radius 1 is 1.03 bits per heavy atom. The van der Waals surface area contributed by atoms with E-state index in [4.69, 9.17) is 14.2 Å². The van der Waals surface area contributed by atoms with Gasteiger partial charge in [0.1, 0.15) is 29.7 Å². The summed E-state index contributed by atoms with van der Waals surface area (Å²) in [6.45, 7) is 10.2. The van der Waals surface area contributed by atoms with E-state index in [1.165, 1.54) is 12.1 Å². The Bertz CT molecular complexity index is 1350. The SMILES string of the molecule is CCC(=O)Oc1ccc(OC)c(-c2ccc3c(c2COc2cc(F)ccc2C)C(C)=CC(C)(C)N3)c1.[HH]. The number of nitrogens with one attached hydrogen (secondary N) is 1. The molecule has 0 unspecified atom stereocenters. The number of methoxy groups -OCH3 is 1. The number of esters is 1. The predicted octanol–water partition coefficient (Wildman–Crippen LogP) is 7.56. The molecule has 1 aliphatic rings. The van der Waals surface area contributed by atoms with Gasteiger partial charge in [0.2, 0.25) is 0 Å². The van der Waals surface area contributed by atoms with Gasteiger partial charge in [-0.1, -0.05) is 25.1 Å². The van der Waals surface area contributed by atoms with Crippen LogP contribution in [0, 0.1) is 12.7 Å². The van der Waals surface area contributed by atoms with Crippen LogP contribution in [0.4, 0.5) is 10.1 Å². The van der Waals surface area contributed by atoms with E-state index in [0.29, 0.717) is 17.2 Å². The van der Waals surface area contributed by atoms with E-state index in [1.807, 2.05) is 25.1 Å². The highest BCUT2D eigenvalue weighted by Gasteiger charge is 2.27. The summed E-state index contributed by atoms with van der Waals surface area (Å²) in [6.07, 6.45) is 2.46. The summed E-state index contributed by atoms with van der Waals surface area (Å²) in [5.74, 6) is 0.904. The second-order valence-corrected chi connectivity index (χ2v) is 9.58. The zero-order valence-electron chi connectivity index (χ0n) is 21.6. The van der Waals surface area contributed by atoms with Crippen LogP contribution in [0.2, 0.25) is 0 Å². The van der Waals surface area contributed by atoms with Gasteiger partial charge in [-0.25, -0.2) is 4.39 Å². The fourth-order valence-corrected chi connectivity index (χ4v) is 4.65. The quantitative estimate of drug-likeness (QED) is 0.273. The normalized spacial score (nSPS) is 13.8. The molecule has 0 aliphatic carbocycles. The van der Waals surface area contributed by atoms with E-state index in [9.17, 15) is 9.18 Å². The topological polar surface area (TPSA) is 56.8 Å². The van der Waals surface area contributed by atoms with Crippen LogP contribution in [0.3, 0.4) is 0 Å². The van der Waals surface area contributed by atoms with Crippen LogP contribution in [-0.2, 0) is 11.4 Å². The van der Waals surface area contributed by atoms with Gasteiger partial charge in [0.25, 0.3) is 0 Å². The molecule has 0 spiro atoms. The Hall–Kier alpha value is -3.80. The van der Waals surface area contributed by atoms with Crippen molar-refractivity contribution in [1.29, 1.82) is 0 Å². The summed E-state index contributed by atoms with van der Waals surface area (Å²) < 4.78 is 31.3. The summed E-state index contributed by atoms with van der Waals surface area (Å²) >= 11 is 0. The number of rotatable bonds is 7. The monoisotopic (exact) mass is 491 g/mol. The molecule has 0 aromatic heterocycles. The van der Waals surface area contributed by atoms with Crippen molar-refractivity contribution in [3.8, 4) is 28.4 Å². The van der Waals surface area contributed by atoms with Crippen molar-refractivity contribution in [1.82, 2.24) is 0 Å². The Morgan fingerprint density at radius 2 is 1.81 bits per heavy atom. The summed E-state index contributed by atoms with van der Waals surface area (Å²) in [7, 11) is 1.61. The van der Waals surface area contributed by atoms with Crippen LogP contribution >= 0.6 is 0 Å². The Morgan fingerprint density at radius 3 is 2.53 bits per heavy atom. The van der Waals surface area contributed by atoms with Crippen LogP contribution in [0.5, 0.6) is 17.2 Å². The molecule has 36 heavy (non-hydrogen) atoms. The van der Waals surface area contributed by atoms with Crippen molar-refractivity contribution in [2.24, 2.45) is 0 Å². The van der Waals surface area contributed by atoms with Crippen molar-refractivity contribution in [3.05, 3.63) is 77.1 Å². The van der Waals surface area contributed by atoms with Crippen molar-refractivity contribution >= 4 is 17.2 Å². The minimum absolute atomic E-state index is 0. The summed E-state index contributed by atoms with van der Waals surface area (Å²) in [5.41, 5.74) is 6.34. The van der Waals surface area contributed by atoms with E-state index in [0.717, 1.165) is 39.1 Å². The number of benzene rings is 3. The molecule has 190 valence electrons. The lowest BCUT2D eigenvalue weighted by atomic mass is 9.85. The van der Waals surface area contributed by atoms with Crippen molar-refractivity contribution < 1.29 is 24.8 Å². The number of halogens is 1. The average Bonchev–Trinajstić information content (AvgIpc) is 2.83. The molecule has 4 rings (SSSR count). The molecule has 0 atom stereocenters. The third-order valence-electron chi connectivity index (χ3n) is 6.25. The number of carbonyl (C=O) groups is 1. The number of fused-ring (bicyclic) bond motifs is 1. The molecule has 5 nitrogen and oxygen atoms in total. The van der Waals surface area contributed by atoms with Crippen molar-refractivity contribution in [2.45, 2.75) is 53.2 Å². The minimum atomic E-state index is -0.350. The van der Waals surface area contributed by atoms with Crippen LogP contribution < -0.4 is 19.5 Å². The second kappa shape index (κ2) is 10.1. The average molecular weight is 492 g/mol. The van der Waals surface area contributed by atoms with Gasteiger partial charge < -0.3 is 19.5 Å². The molecule has 1 N–H and O–H groups in total. The number of carbonyl (C=O) groups excluding carboxylic acids is 1. The molecule has 6 heteroatoms. The van der Waals surface area contributed by atoms with E-state index in [2.05, 4.69) is 32.2 Å². The smallest absolute Gasteiger partial charge is 0.310 e. The molecule has 0 bridgehead atoms. The number of allylic oxidation sites excluding steroid dienone is 1. The standard InChI is InChI=1S/C30H32FNO4.H2/c1-7-28(33)36-21-10-13-26(34-6)23(15-21)22-11-12-25-29(19(3)16-30(4,5)32-25)24(22)17-35-27-14-20(31)9-8-18(27)2;/h8-16,32H,7,17H2,1-6H3;1H. The molecular formula is C30H34FNO4. The lowest BCUT2D eigenvalue weighted by molar-refractivity contribution is -0.134. The zero-order valence-corrected chi connectivity index (χ0v) is 21.6. The fourth-order valence-electron chi connectivity index (χ4n) is 4.65. The van der Waals surface area contributed by atoms with Gasteiger partial charge in [-0.05, 0) is 74.7 Å². The third-order valence-corrected chi connectivity index (χ3v) is 6.25. The first kappa shape index (κ1) is 25.3. The number of hydrogen-bond acceptors (Lipinski definition) is 5. The second-order valence-electron chi connectivity index (χ2n) is 9.58. The molecule has 3 aromatic carbocycles. The predicted molar refractivity (Wildman–Crippen MR) is 143 cm³/mol. The lowest BCUT2D eigenvalue weighted by Crippen LogP contribution is -2.32. The minimum Gasteiger partial charge on any atom is -0.496 e. The zero-order chi connectivity index (χ0) is 26.0. The maximum absolute atomic E-state index is 14.0. The summed E-state index contributed by atoms with van der Waals surface area (Å²) in [5, 5.41) is 3.59. The van der Waals surface area contributed by atoms with Crippen molar-refractivity contribution in [3.63, 3.8) is 0 Å². The van der Waals surface area contributed by atoms with Gasteiger partial charge in [-0.15, -0.1) is 0 Å². The molecule has 0 saturated heterocycles. The van der Waals surface area contributed by atoms with E-state index in [-0.39, 0.29) is 31.8 Å². The fraction of sp³-hybridized carbons (Fsp3) is 0.300. The van der Waals surface area contributed by atoms with Gasteiger partial charge in [-0.2, -0.15) is 0 Å². The van der Waals surface area contributed by atoms with Gasteiger partial charge in [0, 0.05) is 36.3 Å². The highest BCUT2D eigenvalue weighted by Crippen LogP contribution is 2.43. The molecule has 1 aliphatic heterocycles. The maximum atomic E-state index is 14.0.